The van der Waals surface area contributed by atoms with Crippen molar-refractivity contribution in [3.63, 3.8) is 0 Å². The smallest absolute Gasteiger partial charge is 0.391 e. The lowest BCUT2D eigenvalue weighted by atomic mass is 9.80. The maximum Gasteiger partial charge on any atom is 0.391 e. The molecule has 10 amide bonds. The number of alkyl halides is 6. The van der Waals surface area contributed by atoms with Gasteiger partial charge in [-0.15, -0.1) is 0 Å². The van der Waals surface area contributed by atoms with Gasteiger partial charge in [0.25, 0.3) is 47.3 Å². The number of amides is 10. The normalized spacial score (nSPS) is 13.0. The van der Waals surface area contributed by atoms with Gasteiger partial charge in [-0.05, 0) is 132 Å². The molecule has 2 aliphatic heterocycles. The van der Waals surface area contributed by atoms with Crippen LogP contribution in [0.4, 0.5) is 26.3 Å². The molecule has 6 N–H and O–H groups in total. The summed E-state index contributed by atoms with van der Waals surface area (Å²) >= 11 is 23.4. The van der Waals surface area contributed by atoms with Crippen LogP contribution in [0.15, 0.2) is 228 Å². The average molecular weight is 1740 g/mol. The third-order valence-corrected chi connectivity index (χ3v) is 20.7. The van der Waals surface area contributed by atoms with E-state index >= 15 is 45.5 Å². The van der Waals surface area contributed by atoms with Crippen LogP contribution in [-0.2, 0) is 67.5 Å². The Morgan fingerprint density at radius 3 is 0.762 bits per heavy atom. The molecule has 2 atom stereocenters. The topological polar surface area (TPSA) is 286 Å². The molecule has 2 unspecified atom stereocenters. The summed E-state index contributed by atoms with van der Waals surface area (Å²) in [7, 11) is 0. The molecule has 11 aromatic carbocycles. The Labute approximate surface area is 711 Å². The molecule has 0 radical (unpaired) electrons. The third kappa shape index (κ3) is 19.6. The maximum absolute atomic E-state index is 16.3. The first kappa shape index (κ1) is 86.6. The van der Waals surface area contributed by atoms with Gasteiger partial charge >= 0.3 is 12.4 Å². The summed E-state index contributed by atoms with van der Waals surface area (Å²) in [6, 6.07) is 40.0. The summed E-state index contributed by atoms with van der Waals surface area (Å²) < 4.78 is 121. The fourth-order valence-electron chi connectivity index (χ4n) is 14.3. The van der Waals surface area contributed by atoms with Crippen molar-refractivity contribution in [2.75, 3.05) is 26.2 Å². The second kappa shape index (κ2) is 36.7. The van der Waals surface area contributed by atoms with Crippen molar-refractivity contribution in [2.45, 2.75) is 76.1 Å². The van der Waals surface area contributed by atoms with Gasteiger partial charge in [0.15, 0.2) is 0 Å². The highest BCUT2D eigenvalue weighted by Crippen LogP contribution is 2.58. The molecule has 22 nitrogen and oxygen atoms in total. The van der Waals surface area contributed by atoms with Crippen molar-refractivity contribution in [2.24, 2.45) is 0 Å². The molecule has 2 aliphatic rings. The Balaban J connectivity index is 1.14. The lowest BCUT2D eigenvalue weighted by molar-refractivity contribution is -0.153. The SMILES string of the molecule is C=C(Cl)C(=O)NCCc1ccc(Oc2cc3c4c(cc(Oc5ccc(CCNC(=O)C(=C)Cl)cc5)c5c6c(Oc7ccc(CCNC(=O)C(=C)Cl)cc7)cc7c8c(cc(Oc9ccc(CCNC(=O)C(=C)Cl)cc9)c(c2c45)c86)C(=O)N(C(CC(F)(F)F)C(=O)NCc2ccccc2)C7=O)C(=O)N(C(CC(F)(F)F)C(=O)NCc2ccccc2)C3=O)cc1. The average Bonchev–Trinajstić information content (AvgIpc) is 0.669. The maximum atomic E-state index is 16.3. The number of benzene rings is 11. The number of ether oxygens (including phenoxy) is 4. The van der Waals surface area contributed by atoms with Gasteiger partial charge in [-0.3, -0.25) is 57.7 Å². The van der Waals surface area contributed by atoms with Crippen LogP contribution < -0.4 is 50.8 Å². The van der Waals surface area contributed by atoms with E-state index in [1.165, 1.54) is 48.5 Å². The molecule has 11 aromatic rings. The molecule has 0 aliphatic carbocycles. The lowest BCUT2D eigenvalue weighted by Crippen LogP contribution is -2.55. The monoisotopic (exact) mass is 1740 g/mol. The van der Waals surface area contributed by atoms with E-state index in [-0.39, 0.29) is 161 Å². The van der Waals surface area contributed by atoms with E-state index in [0.29, 0.717) is 33.4 Å². The zero-order chi connectivity index (χ0) is 87.2. The van der Waals surface area contributed by atoms with Crippen molar-refractivity contribution in [1.29, 1.82) is 0 Å². The van der Waals surface area contributed by atoms with Gasteiger partial charge in [-0.2, -0.15) is 26.3 Å². The van der Waals surface area contributed by atoms with Gasteiger partial charge in [0.2, 0.25) is 11.8 Å². The first-order valence-corrected chi connectivity index (χ1v) is 39.2. The van der Waals surface area contributed by atoms with Crippen LogP contribution >= 0.6 is 46.4 Å². The standard InChI is InChI=1S/C90H70Cl4F6N8O14/c1-47(91)79(109)101-35-31-51-15-23-57(24-16-51)119-67-39-61-71-62(86(116)107(85(61)115)65(43-89(95,96)97)83(113)105-45-55-11-7-5-8-12-55)41-69(121-59-27-19-53(20-28-59)33-37-103-81(111)49(3)93)75-76-70(122-60-29-21-54(22-30-60)34-38-104-82(112)50(4)94)42-64-72-63(87(117)108(88(64)118)66(44-90(98,99)100)84(114)106-46-56-13-9-6-10-14-56)40-68(74(78(72)76)73(67)77(71)75)120-58-25-17-52(18-26-58)32-36-102-80(110)48(2)92/h5-30,39-42,65-66H,1-4,31-38,43-46H2,(H,101,109)(H,102,110)(H,103,111)(H,104,112)(H,105,113)(H,106,114). The van der Waals surface area contributed by atoms with Crippen LogP contribution in [0.2, 0.25) is 0 Å². The minimum atomic E-state index is -5.26. The highest BCUT2D eigenvalue weighted by Gasteiger charge is 2.50. The van der Waals surface area contributed by atoms with E-state index in [9.17, 15) is 28.8 Å². The lowest BCUT2D eigenvalue weighted by Gasteiger charge is -2.36. The Morgan fingerprint density at radius 1 is 0.320 bits per heavy atom. The number of imide groups is 2. The molecule has 13 rings (SSSR count). The van der Waals surface area contributed by atoms with Crippen molar-refractivity contribution >= 4 is 149 Å². The second-order valence-corrected chi connectivity index (χ2v) is 30.2. The summed E-state index contributed by atoms with van der Waals surface area (Å²) in [5.74, 6) is -12.9. The minimum Gasteiger partial charge on any atom is -0.457 e. The Bertz CT molecular complexity index is 5430. The molecule has 624 valence electrons. The van der Waals surface area contributed by atoms with Gasteiger partial charge in [-0.25, -0.2) is 0 Å². The number of hydrogen-bond donors (Lipinski definition) is 6. The minimum absolute atomic E-state index is 0.0395. The third-order valence-electron chi connectivity index (χ3n) is 20.0. The number of carbonyl (C=O) groups is 10. The van der Waals surface area contributed by atoms with Crippen LogP contribution in [-0.4, -0.2) is 119 Å². The highest BCUT2D eigenvalue weighted by molar-refractivity contribution is 6.46. The molecule has 0 aromatic heterocycles. The molecule has 0 saturated heterocycles. The Kier molecular flexibility index (Phi) is 26.1. The number of hydrogen-bond acceptors (Lipinski definition) is 14. The van der Waals surface area contributed by atoms with E-state index in [0.717, 1.165) is 24.3 Å². The molecule has 0 spiro atoms. The Hall–Kier alpha value is -13.3. The zero-order valence-corrected chi connectivity index (χ0v) is 67.2. The number of carbonyl (C=O) groups excluding carboxylic acids is 10. The van der Waals surface area contributed by atoms with E-state index in [1.54, 1.807) is 109 Å². The number of nitrogens with one attached hydrogen (secondary N) is 6. The molecule has 0 saturated carbocycles. The summed E-state index contributed by atoms with van der Waals surface area (Å²) in [5, 5.41) is 12.6. The summed E-state index contributed by atoms with van der Waals surface area (Å²) in [6.07, 6.45) is -13.8. The number of halogens is 10. The van der Waals surface area contributed by atoms with Crippen LogP contribution in [0.25, 0.3) is 43.1 Å². The van der Waals surface area contributed by atoms with E-state index in [1.807, 2.05) is 0 Å². The highest BCUT2D eigenvalue weighted by atomic mass is 35.5. The van der Waals surface area contributed by atoms with Crippen LogP contribution in [0, 0.1) is 0 Å². The van der Waals surface area contributed by atoms with E-state index in [4.69, 9.17) is 65.4 Å². The predicted molar refractivity (Wildman–Crippen MR) is 447 cm³/mol. The molecule has 122 heavy (non-hydrogen) atoms. The van der Waals surface area contributed by atoms with Gasteiger partial charge in [0.1, 0.15) is 58.1 Å². The fraction of sp³-hybridized carbons (Fsp3) is 0.178. The largest absolute Gasteiger partial charge is 0.457 e. The summed E-state index contributed by atoms with van der Waals surface area (Å²) in [6.45, 7) is 13.3. The van der Waals surface area contributed by atoms with Crippen molar-refractivity contribution in [3.8, 4) is 46.0 Å². The van der Waals surface area contributed by atoms with E-state index < -0.39 is 142 Å². The van der Waals surface area contributed by atoms with Crippen LogP contribution in [0.3, 0.4) is 0 Å². The number of fused-ring (bicyclic) bond motifs is 2. The zero-order valence-electron chi connectivity index (χ0n) is 64.2. The van der Waals surface area contributed by atoms with Gasteiger partial charge < -0.3 is 50.8 Å². The molecule has 0 bridgehead atoms. The molecule has 2 heterocycles. The van der Waals surface area contributed by atoms with Crippen molar-refractivity contribution in [1.82, 2.24) is 41.7 Å². The quantitative estimate of drug-likeness (QED) is 0.00719. The van der Waals surface area contributed by atoms with Crippen molar-refractivity contribution < 1.29 is 93.2 Å². The van der Waals surface area contributed by atoms with Gasteiger partial charge in [0.05, 0.1) is 55.2 Å². The van der Waals surface area contributed by atoms with Crippen LogP contribution in [0.1, 0.15) is 87.7 Å². The second-order valence-electron chi connectivity index (χ2n) is 28.4. The first-order chi connectivity index (χ1) is 58.2. The van der Waals surface area contributed by atoms with E-state index in [2.05, 4.69) is 58.2 Å². The molecule has 0 fully saturated rings. The first-order valence-electron chi connectivity index (χ1n) is 37.6. The van der Waals surface area contributed by atoms with Gasteiger partial charge in [0, 0.05) is 82.4 Å². The van der Waals surface area contributed by atoms with Crippen LogP contribution in [0.5, 0.6) is 46.0 Å². The molecular formula is C90H70Cl4F6N8O14. The Morgan fingerprint density at radius 2 is 0.549 bits per heavy atom. The number of rotatable bonds is 34. The summed E-state index contributed by atoms with van der Waals surface area (Å²) in [5.41, 5.74) is 1.03. The number of nitrogens with zero attached hydrogens (tertiary/aromatic N) is 2. The summed E-state index contributed by atoms with van der Waals surface area (Å²) in [4.78, 5) is 145. The fourth-order valence-corrected chi connectivity index (χ4v) is 14.6. The molecule has 32 heteroatoms. The molecular weight excluding hydrogens is 1670 g/mol. The van der Waals surface area contributed by atoms with Crippen molar-refractivity contribution in [3.05, 3.63) is 284 Å². The predicted octanol–water partition coefficient (Wildman–Crippen LogP) is 17.0. The van der Waals surface area contributed by atoms with Gasteiger partial charge in [-0.1, -0.05) is 182 Å².